The lowest BCUT2D eigenvalue weighted by Crippen LogP contribution is -2.28. The largest absolute Gasteiger partial charge is 0.493 e. The number of aromatic nitrogens is 1. The Bertz CT molecular complexity index is 907. The van der Waals surface area contributed by atoms with E-state index in [2.05, 4.69) is 34.5 Å². The summed E-state index contributed by atoms with van der Waals surface area (Å²) in [5.74, 6) is 1.46. The normalized spacial score (nSPS) is 13.4. The molecule has 0 fully saturated rings. The summed E-state index contributed by atoms with van der Waals surface area (Å²) >= 11 is 1.67. The van der Waals surface area contributed by atoms with Crippen molar-refractivity contribution in [2.24, 2.45) is 0 Å². The van der Waals surface area contributed by atoms with E-state index in [9.17, 15) is 0 Å². The summed E-state index contributed by atoms with van der Waals surface area (Å²) in [5, 5.41) is 3.16. The Hall–Kier alpha value is -2.53. The fourth-order valence-electron chi connectivity index (χ4n) is 3.45. The third-order valence-corrected chi connectivity index (χ3v) is 5.68. The van der Waals surface area contributed by atoms with E-state index < -0.39 is 0 Å². The molecule has 0 bridgehead atoms. The van der Waals surface area contributed by atoms with Crippen molar-refractivity contribution in [2.75, 3.05) is 25.7 Å². The van der Waals surface area contributed by atoms with Crippen molar-refractivity contribution in [1.29, 1.82) is 0 Å². The zero-order valence-corrected chi connectivity index (χ0v) is 15.9. The van der Waals surface area contributed by atoms with Crippen LogP contribution in [-0.2, 0) is 13.0 Å². The summed E-state index contributed by atoms with van der Waals surface area (Å²) in [6.45, 7) is 1.93. The number of ether oxygens (including phenoxy) is 2. The van der Waals surface area contributed by atoms with Crippen molar-refractivity contribution in [3.8, 4) is 22.1 Å². The van der Waals surface area contributed by atoms with Crippen LogP contribution in [0.5, 0.6) is 11.5 Å². The second-order valence-corrected chi connectivity index (χ2v) is 7.23. The molecule has 1 aliphatic heterocycles. The first-order valence-corrected chi connectivity index (χ1v) is 9.66. The monoisotopic (exact) mass is 366 g/mol. The van der Waals surface area contributed by atoms with Gasteiger partial charge in [-0.25, -0.2) is 4.98 Å². The number of hydrogen-bond acceptors (Lipinski definition) is 5. The minimum Gasteiger partial charge on any atom is -0.493 e. The molecule has 0 amide bonds. The Morgan fingerprint density at radius 1 is 1.08 bits per heavy atom. The lowest BCUT2D eigenvalue weighted by atomic mass is 10.0. The summed E-state index contributed by atoms with van der Waals surface area (Å²) < 4.78 is 10.7. The van der Waals surface area contributed by atoms with E-state index in [0.29, 0.717) is 0 Å². The number of benzene rings is 2. The number of aryl methyl sites for hydroxylation is 1. The Balaban J connectivity index is 1.56. The zero-order valence-electron chi connectivity index (χ0n) is 15.1. The SMILES string of the molecule is COc1ccc(-c2nc(CN3CCCc4ccccc43)cs2)cc1OC. The van der Waals surface area contributed by atoms with Crippen LogP contribution in [0.2, 0.25) is 0 Å². The van der Waals surface area contributed by atoms with Crippen molar-refractivity contribution < 1.29 is 9.47 Å². The topological polar surface area (TPSA) is 34.6 Å². The van der Waals surface area contributed by atoms with E-state index in [4.69, 9.17) is 14.5 Å². The third-order valence-electron chi connectivity index (χ3n) is 4.74. The van der Waals surface area contributed by atoms with Gasteiger partial charge in [-0.15, -0.1) is 11.3 Å². The average molecular weight is 366 g/mol. The van der Waals surface area contributed by atoms with E-state index in [0.717, 1.165) is 40.9 Å². The number of rotatable bonds is 5. The van der Waals surface area contributed by atoms with Crippen LogP contribution >= 0.6 is 11.3 Å². The summed E-state index contributed by atoms with van der Waals surface area (Å²) in [5.41, 5.74) is 4.95. The molecular weight excluding hydrogens is 344 g/mol. The van der Waals surface area contributed by atoms with Gasteiger partial charge in [0.25, 0.3) is 0 Å². The van der Waals surface area contributed by atoms with Crippen LogP contribution in [0.15, 0.2) is 47.8 Å². The molecule has 0 radical (unpaired) electrons. The number of para-hydroxylation sites is 1. The van der Waals surface area contributed by atoms with Gasteiger partial charge in [0.1, 0.15) is 5.01 Å². The van der Waals surface area contributed by atoms with E-state index in [1.165, 1.54) is 24.1 Å². The molecule has 0 saturated carbocycles. The zero-order chi connectivity index (χ0) is 17.9. The molecule has 0 atom stereocenters. The molecule has 3 aromatic rings. The molecule has 1 aromatic heterocycles. The minimum atomic E-state index is 0.728. The smallest absolute Gasteiger partial charge is 0.161 e. The third kappa shape index (κ3) is 3.27. The lowest BCUT2D eigenvalue weighted by molar-refractivity contribution is 0.355. The van der Waals surface area contributed by atoms with Gasteiger partial charge in [0.05, 0.1) is 26.5 Å². The summed E-state index contributed by atoms with van der Waals surface area (Å²) in [6.07, 6.45) is 2.37. The van der Waals surface area contributed by atoms with E-state index >= 15 is 0 Å². The number of methoxy groups -OCH3 is 2. The Kier molecular flexibility index (Phi) is 4.80. The van der Waals surface area contributed by atoms with Crippen molar-refractivity contribution in [1.82, 2.24) is 4.98 Å². The van der Waals surface area contributed by atoms with Crippen LogP contribution in [0.3, 0.4) is 0 Å². The van der Waals surface area contributed by atoms with E-state index in [1.54, 1.807) is 25.6 Å². The molecule has 0 unspecified atom stereocenters. The maximum Gasteiger partial charge on any atom is 0.161 e. The Morgan fingerprint density at radius 3 is 2.77 bits per heavy atom. The van der Waals surface area contributed by atoms with Crippen LogP contribution in [0.4, 0.5) is 5.69 Å². The molecule has 4 nitrogen and oxygen atoms in total. The molecular formula is C21H22N2O2S. The molecule has 0 aliphatic carbocycles. The number of nitrogens with zero attached hydrogens (tertiary/aromatic N) is 2. The van der Waals surface area contributed by atoms with Crippen LogP contribution in [0.25, 0.3) is 10.6 Å². The van der Waals surface area contributed by atoms with E-state index in [-0.39, 0.29) is 0 Å². The summed E-state index contributed by atoms with van der Waals surface area (Å²) in [4.78, 5) is 7.30. The maximum atomic E-state index is 5.41. The van der Waals surface area contributed by atoms with Gasteiger partial charge in [-0.05, 0) is 42.7 Å². The van der Waals surface area contributed by atoms with Gasteiger partial charge < -0.3 is 14.4 Å². The maximum absolute atomic E-state index is 5.41. The molecule has 0 saturated heterocycles. The molecule has 5 heteroatoms. The predicted molar refractivity (Wildman–Crippen MR) is 106 cm³/mol. The van der Waals surface area contributed by atoms with Crippen molar-refractivity contribution in [3.05, 3.63) is 59.1 Å². The second-order valence-electron chi connectivity index (χ2n) is 6.37. The van der Waals surface area contributed by atoms with Crippen LogP contribution in [0.1, 0.15) is 17.7 Å². The van der Waals surface area contributed by atoms with Gasteiger partial charge in [-0.1, -0.05) is 18.2 Å². The average Bonchev–Trinajstić information content (AvgIpc) is 3.16. The highest BCUT2D eigenvalue weighted by atomic mass is 32.1. The Labute approximate surface area is 158 Å². The number of thiazole rings is 1. The fourth-order valence-corrected chi connectivity index (χ4v) is 4.26. The van der Waals surface area contributed by atoms with Gasteiger partial charge in [-0.3, -0.25) is 0 Å². The van der Waals surface area contributed by atoms with Gasteiger partial charge in [0, 0.05) is 23.2 Å². The molecule has 0 N–H and O–H groups in total. The first-order valence-electron chi connectivity index (χ1n) is 8.78. The lowest BCUT2D eigenvalue weighted by Gasteiger charge is -2.30. The van der Waals surface area contributed by atoms with Crippen molar-refractivity contribution in [2.45, 2.75) is 19.4 Å². The van der Waals surface area contributed by atoms with Gasteiger partial charge in [0.2, 0.25) is 0 Å². The highest BCUT2D eigenvalue weighted by Gasteiger charge is 2.18. The van der Waals surface area contributed by atoms with E-state index in [1.807, 2.05) is 18.2 Å². The van der Waals surface area contributed by atoms with Crippen LogP contribution in [-0.4, -0.2) is 25.7 Å². The number of fused-ring (bicyclic) bond motifs is 1. The molecule has 0 spiro atoms. The highest BCUT2D eigenvalue weighted by Crippen LogP contribution is 2.34. The second kappa shape index (κ2) is 7.38. The first kappa shape index (κ1) is 16.9. The standard InChI is InChI=1S/C21H22N2O2S/c1-24-19-10-9-16(12-20(19)25-2)21-22-17(14-26-21)13-23-11-5-7-15-6-3-4-8-18(15)23/h3-4,6,8-10,12,14H,5,7,11,13H2,1-2H3. The molecule has 26 heavy (non-hydrogen) atoms. The van der Waals surface area contributed by atoms with Gasteiger partial charge in [0.15, 0.2) is 11.5 Å². The fraction of sp³-hybridized carbons (Fsp3) is 0.286. The van der Waals surface area contributed by atoms with Crippen molar-refractivity contribution in [3.63, 3.8) is 0 Å². The molecule has 2 aromatic carbocycles. The quantitative estimate of drug-likeness (QED) is 0.651. The van der Waals surface area contributed by atoms with Crippen LogP contribution < -0.4 is 14.4 Å². The molecule has 134 valence electrons. The van der Waals surface area contributed by atoms with Crippen LogP contribution in [0, 0.1) is 0 Å². The predicted octanol–water partition coefficient (Wildman–Crippen LogP) is 4.78. The minimum absolute atomic E-state index is 0.728. The number of anilines is 1. The van der Waals surface area contributed by atoms with Crippen molar-refractivity contribution >= 4 is 17.0 Å². The molecule has 4 rings (SSSR count). The van der Waals surface area contributed by atoms with Gasteiger partial charge in [-0.2, -0.15) is 0 Å². The summed E-state index contributed by atoms with van der Waals surface area (Å²) in [6, 6.07) is 14.6. The molecule has 2 heterocycles. The number of hydrogen-bond donors (Lipinski definition) is 0. The Morgan fingerprint density at radius 2 is 1.92 bits per heavy atom. The summed E-state index contributed by atoms with van der Waals surface area (Å²) in [7, 11) is 3.30. The van der Waals surface area contributed by atoms with Gasteiger partial charge >= 0.3 is 0 Å². The molecule has 1 aliphatic rings. The highest BCUT2D eigenvalue weighted by molar-refractivity contribution is 7.13. The first-order chi connectivity index (χ1) is 12.8.